The van der Waals surface area contributed by atoms with Gasteiger partial charge in [0.05, 0.1) is 0 Å². The molecular weight excluding hydrogens is 284 g/mol. The highest BCUT2D eigenvalue weighted by atomic mass is 35.5. The maximum Gasteiger partial charge on any atom is 0.120 e. The zero-order valence-electron chi connectivity index (χ0n) is 13.2. The summed E-state index contributed by atoms with van der Waals surface area (Å²) in [6.45, 7) is 9.48. The molecule has 2 rings (SSSR count). The Hall–Kier alpha value is -0.770. The molecule has 1 atom stereocenters. The third-order valence-electron chi connectivity index (χ3n) is 4.01. The fraction of sp³-hybridized carbons (Fsp3) is 0.647. The first-order valence-electron chi connectivity index (χ1n) is 8.08. The van der Waals surface area contributed by atoms with Gasteiger partial charge in [-0.15, -0.1) is 0 Å². The van der Waals surface area contributed by atoms with Gasteiger partial charge in [0.15, 0.2) is 0 Å². The van der Waals surface area contributed by atoms with E-state index in [9.17, 15) is 0 Å². The van der Waals surface area contributed by atoms with Gasteiger partial charge >= 0.3 is 0 Å². The van der Waals surface area contributed by atoms with E-state index in [-0.39, 0.29) is 6.04 Å². The van der Waals surface area contributed by atoms with Crippen molar-refractivity contribution in [2.45, 2.75) is 39.2 Å². The second kappa shape index (κ2) is 8.62. The average Bonchev–Trinajstić information content (AvgIpc) is 2.98. The highest BCUT2D eigenvalue weighted by molar-refractivity contribution is 6.31. The third-order valence-corrected chi connectivity index (χ3v) is 4.34. The Morgan fingerprint density at radius 3 is 2.76 bits per heavy atom. The van der Waals surface area contributed by atoms with Crippen LogP contribution in [0.5, 0.6) is 5.75 Å². The van der Waals surface area contributed by atoms with Crippen molar-refractivity contribution in [3.63, 3.8) is 0 Å². The summed E-state index contributed by atoms with van der Waals surface area (Å²) >= 11 is 6.38. The molecule has 21 heavy (non-hydrogen) atoms. The average molecular weight is 311 g/mol. The van der Waals surface area contributed by atoms with Gasteiger partial charge in [-0.2, -0.15) is 0 Å². The third kappa shape index (κ3) is 5.17. The van der Waals surface area contributed by atoms with Crippen LogP contribution in [0.15, 0.2) is 18.2 Å². The van der Waals surface area contributed by atoms with Crippen molar-refractivity contribution in [1.82, 2.24) is 10.2 Å². The minimum Gasteiger partial charge on any atom is -0.492 e. The maximum atomic E-state index is 6.38. The molecule has 0 aromatic heterocycles. The molecule has 0 spiro atoms. The quantitative estimate of drug-likeness (QED) is 0.788. The fourth-order valence-corrected chi connectivity index (χ4v) is 3.05. The zero-order chi connectivity index (χ0) is 15.1. The second-order valence-corrected chi connectivity index (χ2v) is 6.16. The summed E-state index contributed by atoms with van der Waals surface area (Å²) in [6.07, 6.45) is 3.77. The number of rotatable bonds is 8. The molecule has 1 aromatic rings. The topological polar surface area (TPSA) is 24.5 Å². The van der Waals surface area contributed by atoms with Gasteiger partial charge in [-0.05, 0) is 63.5 Å². The first-order valence-corrected chi connectivity index (χ1v) is 8.46. The molecule has 1 saturated heterocycles. The molecule has 118 valence electrons. The molecule has 1 heterocycles. The Bertz CT molecular complexity index is 433. The molecule has 1 unspecified atom stereocenters. The van der Waals surface area contributed by atoms with Crippen LogP contribution in [0.3, 0.4) is 0 Å². The fourth-order valence-electron chi connectivity index (χ4n) is 2.72. The van der Waals surface area contributed by atoms with Gasteiger partial charge in [0, 0.05) is 17.6 Å². The molecule has 3 nitrogen and oxygen atoms in total. The predicted octanol–water partition coefficient (Wildman–Crippen LogP) is 3.88. The van der Waals surface area contributed by atoms with Crippen LogP contribution in [0.4, 0.5) is 0 Å². The van der Waals surface area contributed by atoms with Crippen LogP contribution in [0.1, 0.15) is 44.7 Å². The minimum absolute atomic E-state index is 0.274. The van der Waals surface area contributed by atoms with E-state index in [1.165, 1.54) is 25.9 Å². The van der Waals surface area contributed by atoms with Gasteiger partial charge in [-0.25, -0.2) is 0 Å². The van der Waals surface area contributed by atoms with Crippen molar-refractivity contribution in [2.24, 2.45) is 0 Å². The van der Waals surface area contributed by atoms with Crippen molar-refractivity contribution in [3.05, 3.63) is 28.8 Å². The number of likely N-dealkylation sites (tertiary alicyclic amines) is 1. The number of hydrogen-bond acceptors (Lipinski definition) is 3. The molecule has 1 N–H and O–H groups in total. The summed E-state index contributed by atoms with van der Waals surface area (Å²) in [5.74, 6) is 0.866. The Morgan fingerprint density at radius 1 is 1.33 bits per heavy atom. The Kier molecular flexibility index (Phi) is 6.81. The number of benzene rings is 1. The zero-order valence-corrected chi connectivity index (χ0v) is 14.0. The van der Waals surface area contributed by atoms with Gasteiger partial charge in [-0.1, -0.05) is 24.6 Å². The van der Waals surface area contributed by atoms with Gasteiger partial charge in [0.2, 0.25) is 0 Å². The van der Waals surface area contributed by atoms with Crippen molar-refractivity contribution < 1.29 is 4.74 Å². The lowest BCUT2D eigenvalue weighted by Crippen LogP contribution is -2.25. The molecule has 1 fully saturated rings. The second-order valence-electron chi connectivity index (χ2n) is 5.76. The number of ether oxygens (including phenoxy) is 1. The standard InChI is InChI=1S/C17H27ClN2O/c1-3-8-19-14(2)16-7-6-15(13-17(16)18)21-12-11-20-9-4-5-10-20/h6-7,13-14,19H,3-5,8-12H2,1-2H3. The predicted molar refractivity (Wildman–Crippen MR) is 89.3 cm³/mol. The molecule has 1 aromatic carbocycles. The van der Waals surface area contributed by atoms with E-state index in [1.807, 2.05) is 12.1 Å². The van der Waals surface area contributed by atoms with Crippen molar-refractivity contribution in [3.8, 4) is 5.75 Å². The SMILES string of the molecule is CCCNC(C)c1ccc(OCCN2CCCC2)cc1Cl. The first-order chi connectivity index (χ1) is 10.2. The van der Waals surface area contributed by atoms with E-state index in [4.69, 9.17) is 16.3 Å². The molecular formula is C17H27ClN2O. The molecule has 0 saturated carbocycles. The monoisotopic (exact) mass is 310 g/mol. The minimum atomic E-state index is 0.274. The van der Waals surface area contributed by atoms with Crippen molar-refractivity contribution in [2.75, 3.05) is 32.8 Å². The van der Waals surface area contributed by atoms with Gasteiger partial charge in [0.1, 0.15) is 12.4 Å². The highest BCUT2D eigenvalue weighted by Crippen LogP contribution is 2.27. The number of nitrogens with zero attached hydrogens (tertiary/aromatic N) is 1. The molecule has 1 aliphatic heterocycles. The van der Waals surface area contributed by atoms with Crippen LogP contribution in [-0.2, 0) is 0 Å². The summed E-state index contributed by atoms with van der Waals surface area (Å²) in [5.41, 5.74) is 1.14. The number of hydrogen-bond donors (Lipinski definition) is 1. The highest BCUT2D eigenvalue weighted by Gasteiger charge is 2.12. The van der Waals surface area contributed by atoms with Crippen LogP contribution in [0.2, 0.25) is 5.02 Å². The van der Waals surface area contributed by atoms with E-state index in [0.29, 0.717) is 0 Å². The molecule has 0 radical (unpaired) electrons. The molecule has 0 aliphatic carbocycles. The summed E-state index contributed by atoms with van der Waals surface area (Å²) < 4.78 is 5.82. The maximum absolute atomic E-state index is 6.38. The molecule has 0 amide bonds. The lowest BCUT2D eigenvalue weighted by molar-refractivity contribution is 0.237. The van der Waals surface area contributed by atoms with Crippen LogP contribution < -0.4 is 10.1 Å². The van der Waals surface area contributed by atoms with Crippen LogP contribution in [-0.4, -0.2) is 37.7 Å². The summed E-state index contributed by atoms with van der Waals surface area (Å²) in [7, 11) is 0. The molecule has 0 bridgehead atoms. The first kappa shape index (κ1) is 16.6. The van der Waals surface area contributed by atoms with Crippen LogP contribution in [0.25, 0.3) is 0 Å². The summed E-state index contributed by atoms with van der Waals surface area (Å²) in [6, 6.07) is 6.30. The Morgan fingerprint density at radius 2 is 2.10 bits per heavy atom. The van der Waals surface area contributed by atoms with Crippen LogP contribution >= 0.6 is 11.6 Å². The van der Waals surface area contributed by atoms with Crippen molar-refractivity contribution in [1.29, 1.82) is 0 Å². The Balaban J connectivity index is 1.83. The molecule has 4 heteroatoms. The van der Waals surface area contributed by atoms with Crippen LogP contribution in [0, 0.1) is 0 Å². The lowest BCUT2D eigenvalue weighted by atomic mass is 10.1. The number of nitrogens with one attached hydrogen (secondary N) is 1. The smallest absolute Gasteiger partial charge is 0.120 e. The van der Waals surface area contributed by atoms with E-state index in [2.05, 4.69) is 30.1 Å². The van der Waals surface area contributed by atoms with E-state index in [1.54, 1.807) is 0 Å². The van der Waals surface area contributed by atoms with Gasteiger partial charge in [-0.3, -0.25) is 4.90 Å². The van der Waals surface area contributed by atoms with Gasteiger partial charge < -0.3 is 10.1 Å². The lowest BCUT2D eigenvalue weighted by Gasteiger charge is -2.17. The van der Waals surface area contributed by atoms with E-state index < -0.39 is 0 Å². The summed E-state index contributed by atoms with van der Waals surface area (Å²) in [5, 5.41) is 4.24. The van der Waals surface area contributed by atoms with E-state index in [0.717, 1.165) is 42.5 Å². The Labute approximate surface area is 133 Å². The number of halogens is 1. The van der Waals surface area contributed by atoms with Gasteiger partial charge in [0.25, 0.3) is 0 Å². The van der Waals surface area contributed by atoms with Crippen molar-refractivity contribution >= 4 is 11.6 Å². The van der Waals surface area contributed by atoms with E-state index >= 15 is 0 Å². The largest absolute Gasteiger partial charge is 0.492 e. The molecule has 1 aliphatic rings. The summed E-state index contributed by atoms with van der Waals surface area (Å²) in [4.78, 5) is 2.45. The normalized spacial score (nSPS) is 17.1.